The third kappa shape index (κ3) is 2.86. The van der Waals surface area contributed by atoms with Crippen LogP contribution in [0, 0.1) is 6.92 Å². The van der Waals surface area contributed by atoms with Crippen molar-refractivity contribution in [1.82, 2.24) is 4.57 Å². The van der Waals surface area contributed by atoms with Crippen LogP contribution < -0.4 is 0 Å². The summed E-state index contributed by atoms with van der Waals surface area (Å²) in [6, 6.07) is 12.6. The molecule has 0 spiro atoms. The van der Waals surface area contributed by atoms with Crippen LogP contribution in [0.15, 0.2) is 36.4 Å². The van der Waals surface area contributed by atoms with Gasteiger partial charge in [-0.05, 0) is 68.4 Å². The average Bonchev–Trinajstić information content (AvgIpc) is 3.16. The quantitative estimate of drug-likeness (QED) is 0.588. The maximum atomic E-state index is 10.5. The van der Waals surface area contributed by atoms with Crippen LogP contribution in [-0.2, 0) is 13.0 Å². The molecule has 1 aliphatic carbocycles. The zero-order chi connectivity index (χ0) is 18.4. The summed E-state index contributed by atoms with van der Waals surface area (Å²) in [5, 5.41) is 12.6. The second-order valence-corrected chi connectivity index (χ2v) is 8.08. The van der Waals surface area contributed by atoms with Crippen LogP contribution in [0.3, 0.4) is 0 Å². The monoisotopic (exact) mass is 367 g/mol. The molecule has 0 amide bonds. The number of aliphatic hydroxyl groups excluding tert-OH is 1. The standard InChI is InChI=1S/C23H26ClNO/c1-4-17-7-10-19-21-12-14(2)11-20(15(3)26)23(21)25(22(17)19)13-16-5-8-18(24)9-6-16/h5-6,8-9,11-12,15,17,26H,4,7,10,13H2,1-3H3/t15?,17-/m1/s1. The van der Waals surface area contributed by atoms with Crippen LogP contribution in [0.5, 0.6) is 0 Å². The van der Waals surface area contributed by atoms with Gasteiger partial charge < -0.3 is 9.67 Å². The van der Waals surface area contributed by atoms with E-state index in [0.717, 1.165) is 30.0 Å². The van der Waals surface area contributed by atoms with Crippen molar-refractivity contribution in [3.63, 3.8) is 0 Å². The zero-order valence-corrected chi connectivity index (χ0v) is 16.5. The summed E-state index contributed by atoms with van der Waals surface area (Å²) in [4.78, 5) is 0. The molecule has 0 aliphatic heterocycles. The Morgan fingerprint density at radius 3 is 2.62 bits per heavy atom. The lowest BCUT2D eigenvalue weighted by Gasteiger charge is -2.18. The summed E-state index contributed by atoms with van der Waals surface area (Å²) in [5.74, 6) is 0.604. The van der Waals surface area contributed by atoms with Crippen molar-refractivity contribution in [3.05, 3.63) is 69.4 Å². The molecule has 1 unspecified atom stereocenters. The van der Waals surface area contributed by atoms with Gasteiger partial charge in [0.15, 0.2) is 0 Å². The molecule has 2 aromatic carbocycles. The SMILES string of the molecule is CC[C@@H]1CCc2c1n(Cc1ccc(Cl)cc1)c1c(C(C)O)cc(C)cc21. The Labute approximate surface area is 160 Å². The number of halogens is 1. The van der Waals surface area contributed by atoms with Gasteiger partial charge in [0.2, 0.25) is 0 Å². The summed E-state index contributed by atoms with van der Waals surface area (Å²) >= 11 is 6.07. The second kappa shape index (κ2) is 6.75. The van der Waals surface area contributed by atoms with Gasteiger partial charge in [0, 0.05) is 28.2 Å². The molecule has 136 valence electrons. The van der Waals surface area contributed by atoms with Crippen LogP contribution in [-0.4, -0.2) is 9.67 Å². The van der Waals surface area contributed by atoms with Crippen LogP contribution in [0.4, 0.5) is 0 Å². The van der Waals surface area contributed by atoms with E-state index in [4.69, 9.17) is 11.6 Å². The molecule has 3 heteroatoms. The Morgan fingerprint density at radius 2 is 1.96 bits per heavy atom. The van der Waals surface area contributed by atoms with E-state index >= 15 is 0 Å². The molecule has 1 heterocycles. The van der Waals surface area contributed by atoms with Gasteiger partial charge in [-0.25, -0.2) is 0 Å². The van der Waals surface area contributed by atoms with E-state index in [1.165, 1.54) is 39.7 Å². The van der Waals surface area contributed by atoms with E-state index in [1.54, 1.807) is 0 Å². The first-order valence-electron chi connectivity index (χ1n) is 9.57. The van der Waals surface area contributed by atoms with Crippen LogP contribution >= 0.6 is 11.6 Å². The number of rotatable bonds is 4. The van der Waals surface area contributed by atoms with Gasteiger partial charge in [-0.3, -0.25) is 0 Å². The van der Waals surface area contributed by atoms with E-state index < -0.39 is 6.10 Å². The molecule has 1 aliphatic rings. The molecule has 0 saturated carbocycles. The zero-order valence-electron chi connectivity index (χ0n) is 15.7. The highest BCUT2D eigenvalue weighted by atomic mass is 35.5. The van der Waals surface area contributed by atoms with Gasteiger partial charge in [0.25, 0.3) is 0 Å². The predicted molar refractivity (Wildman–Crippen MR) is 109 cm³/mol. The maximum absolute atomic E-state index is 10.5. The van der Waals surface area contributed by atoms with Crippen molar-refractivity contribution in [2.45, 2.75) is 58.6 Å². The minimum atomic E-state index is -0.475. The number of hydrogen-bond acceptors (Lipinski definition) is 1. The number of nitrogens with zero attached hydrogens (tertiary/aromatic N) is 1. The minimum Gasteiger partial charge on any atom is -0.389 e. The van der Waals surface area contributed by atoms with Crippen molar-refractivity contribution >= 4 is 22.5 Å². The summed E-state index contributed by atoms with van der Waals surface area (Å²) in [7, 11) is 0. The first-order valence-corrected chi connectivity index (χ1v) is 9.95. The average molecular weight is 368 g/mol. The third-order valence-corrected chi connectivity index (χ3v) is 6.06. The number of aryl methyl sites for hydroxylation is 2. The summed E-state index contributed by atoms with van der Waals surface area (Å²) < 4.78 is 2.47. The van der Waals surface area contributed by atoms with Crippen LogP contribution in [0.25, 0.3) is 10.9 Å². The lowest BCUT2D eigenvalue weighted by atomic mass is 10.0. The molecule has 2 atom stereocenters. The van der Waals surface area contributed by atoms with Crippen molar-refractivity contribution in [2.24, 2.45) is 0 Å². The normalized spacial score (nSPS) is 17.7. The second-order valence-electron chi connectivity index (χ2n) is 7.65. The Hall–Kier alpha value is -1.77. The fourth-order valence-electron chi connectivity index (χ4n) is 4.60. The van der Waals surface area contributed by atoms with Crippen molar-refractivity contribution < 1.29 is 5.11 Å². The minimum absolute atomic E-state index is 0.475. The van der Waals surface area contributed by atoms with Crippen molar-refractivity contribution in [2.75, 3.05) is 0 Å². The first kappa shape index (κ1) is 17.6. The summed E-state index contributed by atoms with van der Waals surface area (Å²) in [6.45, 7) is 7.10. The Kier molecular flexibility index (Phi) is 4.58. The van der Waals surface area contributed by atoms with Crippen LogP contribution in [0.1, 0.15) is 66.7 Å². The summed E-state index contributed by atoms with van der Waals surface area (Å²) in [5.41, 5.74) is 7.69. The summed E-state index contributed by atoms with van der Waals surface area (Å²) in [6.07, 6.45) is 3.06. The topological polar surface area (TPSA) is 25.2 Å². The molecule has 1 aromatic heterocycles. The van der Waals surface area contributed by atoms with Gasteiger partial charge >= 0.3 is 0 Å². The van der Waals surface area contributed by atoms with E-state index in [0.29, 0.717) is 5.92 Å². The molecular formula is C23H26ClNO. The number of benzene rings is 2. The lowest BCUT2D eigenvalue weighted by molar-refractivity contribution is 0.200. The van der Waals surface area contributed by atoms with E-state index in [-0.39, 0.29) is 0 Å². The fourth-order valence-corrected chi connectivity index (χ4v) is 4.72. The van der Waals surface area contributed by atoms with Gasteiger partial charge in [-0.15, -0.1) is 0 Å². The highest BCUT2D eigenvalue weighted by Crippen LogP contribution is 2.44. The molecule has 0 bridgehead atoms. The largest absolute Gasteiger partial charge is 0.389 e. The van der Waals surface area contributed by atoms with Crippen molar-refractivity contribution in [1.29, 1.82) is 0 Å². The number of aromatic nitrogens is 1. The number of fused-ring (bicyclic) bond motifs is 3. The van der Waals surface area contributed by atoms with E-state index in [2.05, 4.69) is 42.7 Å². The molecule has 0 saturated heterocycles. The Morgan fingerprint density at radius 1 is 1.23 bits per heavy atom. The Balaban J connectivity index is 1.98. The van der Waals surface area contributed by atoms with E-state index in [1.807, 2.05) is 19.1 Å². The lowest BCUT2D eigenvalue weighted by Crippen LogP contribution is -2.09. The smallest absolute Gasteiger partial charge is 0.0782 e. The fraction of sp³-hybridized carbons (Fsp3) is 0.391. The number of aliphatic hydroxyl groups is 1. The van der Waals surface area contributed by atoms with Gasteiger partial charge in [-0.2, -0.15) is 0 Å². The first-order chi connectivity index (χ1) is 12.5. The molecule has 0 radical (unpaired) electrons. The molecular weight excluding hydrogens is 342 g/mol. The maximum Gasteiger partial charge on any atom is 0.0782 e. The number of hydrogen-bond donors (Lipinski definition) is 1. The molecule has 0 fully saturated rings. The molecule has 4 rings (SSSR count). The predicted octanol–water partition coefficient (Wildman–Crippen LogP) is 6.14. The van der Waals surface area contributed by atoms with Crippen LogP contribution in [0.2, 0.25) is 5.02 Å². The Bertz CT molecular complexity index is 953. The molecule has 3 aromatic rings. The van der Waals surface area contributed by atoms with Crippen molar-refractivity contribution in [3.8, 4) is 0 Å². The van der Waals surface area contributed by atoms with Gasteiger partial charge in [-0.1, -0.05) is 42.3 Å². The third-order valence-electron chi connectivity index (χ3n) is 5.81. The van der Waals surface area contributed by atoms with E-state index in [9.17, 15) is 5.11 Å². The highest BCUT2D eigenvalue weighted by Gasteiger charge is 2.30. The van der Waals surface area contributed by atoms with Gasteiger partial charge in [0.1, 0.15) is 0 Å². The molecule has 2 nitrogen and oxygen atoms in total. The molecule has 1 N–H and O–H groups in total. The van der Waals surface area contributed by atoms with Gasteiger partial charge in [0.05, 0.1) is 11.6 Å². The highest BCUT2D eigenvalue weighted by molar-refractivity contribution is 6.30. The molecule has 26 heavy (non-hydrogen) atoms.